The molecule has 31 heavy (non-hydrogen) atoms. The number of aryl methyl sites for hydroxylation is 2. The zero-order valence-corrected chi connectivity index (χ0v) is 18.2. The quantitative estimate of drug-likeness (QED) is 0.572. The predicted molar refractivity (Wildman–Crippen MR) is 117 cm³/mol. The largest absolute Gasteiger partial charge is 0.485 e. The number of urea groups is 1. The maximum atomic E-state index is 12.4. The van der Waals surface area contributed by atoms with Crippen molar-refractivity contribution in [1.82, 2.24) is 25.0 Å². The molecule has 2 heterocycles. The van der Waals surface area contributed by atoms with Crippen LogP contribution in [0.25, 0.3) is 5.69 Å². The molecule has 9 heteroatoms. The van der Waals surface area contributed by atoms with Crippen molar-refractivity contribution in [1.29, 1.82) is 0 Å². The van der Waals surface area contributed by atoms with Crippen molar-refractivity contribution < 1.29 is 14.3 Å². The molecule has 2 aromatic carbocycles. The molecule has 4 rings (SSSR count). The van der Waals surface area contributed by atoms with E-state index in [9.17, 15) is 9.59 Å². The van der Waals surface area contributed by atoms with E-state index in [0.29, 0.717) is 24.1 Å². The smallest absolute Gasteiger partial charge is 0.324 e. The summed E-state index contributed by atoms with van der Waals surface area (Å²) in [5.74, 6) is 1.30. The van der Waals surface area contributed by atoms with Gasteiger partial charge in [0.2, 0.25) is 5.91 Å². The SMILES string of the molecule is Cc1cccc(C)c1OCc1nnc(SCC(=O)N2CCNC2=O)n1-c1ccccc1. The van der Waals surface area contributed by atoms with E-state index in [1.807, 2.05) is 66.9 Å². The second kappa shape index (κ2) is 9.22. The Labute approximate surface area is 184 Å². The molecule has 0 radical (unpaired) electrons. The second-order valence-electron chi connectivity index (χ2n) is 7.15. The summed E-state index contributed by atoms with van der Waals surface area (Å²) in [6, 6.07) is 15.4. The Morgan fingerprint density at radius 2 is 1.84 bits per heavy atom. The molecule has 8 nitrogen and oxygen atoms in total. The van der Waals surface area contributed by atoms with E-state index < -0.39 is 0 Å². The molecular formula is C22H23N5O3S. The fourth-order valence-electron chi connectivity index (χ4n) is 3.40. The number of para-hydroxylation sites is 2. The number of benzene rings is 2. The third-order valence-corrected chi connectivity index (χ3v) is 5.87. The van der Waals surface area contributed by atoms with Crippen LogP contribution in [0.2, 0.25) is 0 Å². The Balaban J connectivity index is 1.56. The molecule has 1 N–H and O–H groups in total. The number of hydrogen-bond acceptors (Lipinski definition) is 6. The lowest BCUT2D eigenvalue weighted by Crippen LogP contribution is -2.35. The van der Waals surface area contributed by atoms with Crippen molar-refractivity contribution in [2.45, 2.75) is 25.6 Å². The van der Waals surface area contributed by atoms with Gasteiger partial charge in [-0.25, -0.2) is 4.79 Å². The lowest BCUT2D eigenvalue weighted by molar-refractivity contribution is -0.124. The molecule has 160 valence electrons. The number of amides is 3. The van der Waals surface area contributed by atoms with Gasteiger partial charge >= 0.3 is 6.03 Å². The van der Waals surface area contributed by atoms with Crippen LogP contribution in [0.5, 0.6) is 5.75 Å². The van der Waals surface area contributed by atoms with Crippen molar-refractivity contribution in [3.05, 3.63) is 65.5 Å². The fraction of sp³-hybridized carbons (Fsp3) is 0.273. The molecule has 1 fully saturated rings. The van der Waals surface area contributed by atoms with Gasteiger partial charge in [0.25, 0.3) is 0 Å². The average Bonchev–Trinajstić information content (AvgIpc) is 3.38. The molecule has 3 amide bonds. The number of thioether (sulfide) groups is 1. The minimum Gasteiger partial charge on any atom is -0.485 e. The molecule has 1 aliphatic rings. The van der Waals surface area contributed by atoms with Gasteiger partial charge in [0.15, 0.2) is 11.0 Å². The highest BCUT2D eigenvalue weighted by atomic mass is 32.2. The molecule has 0 unspecified atom stereocenters. The molecule has 1 aromatic heterocycles. The van der Waals surface area contributed by atoms with Crippen LogP contribution >= 0.6 is 11.8 Å². The molecular weight excluding hydrogens is 414 g/mol. The first kappa shape index (κ1) is 20.9. The summed E-state index contributed by atoms with van der Waals surface area (Å²) in [7, 11) is 0. The van der Waals surface area contributed by atoms with E-state index in [0.717, 1.165) is 22.6 Å². The second-order valence-corrected chi connectivity index (χ2v) is 8.09. The van der Waals surface area contributed by atoms with E-state index in [2.05, 4.69) is 15.5 Å². The van der Waals surface area contributed by atoms with E-state index >= 15 is 0 Å². The normalized spacial score (nSPS) is 13.4. The molecule has 0 atom stereocenters. The summed E-state index contributed by atoms with van der Waals surface area (Å²) in [6.07, 6.45) is 0. The van der Waals surface area contributed by atoms with Crippen molar-refractivity contribution in [2.75, 3.05) is 18.8 Å². The van der Waals surface area contributed by atoms with Crippen LogP contribution in [-0.2, 0) is 11.4 Å². The molecule has 3 aromatic rings. The van der Waals surface area contributed by atoms with Crippen molar-refractivity contribution in [2.24, 2.45) is 0 Å². The number of nitrogens with one attached hydrogen (secondary N) is 1. The highest BCUT2D eigenvalue weighted by Crippen LogP contribution is 2.26. The first-order valence-electron chi connectivity index (χ1n) is 9.94. The van der Waals surface area contributed by atoms with Gasteiger partial charge in [-0.15, -0.1) is 10.2 Å². The van der Waals surface area contributed by atoms with Gasteiger partial charge in [-0.1, -0.05) is 48.2 Å². The summed E-state index contributed by atoms with van der Waals surface area (Å²) in [5.41, 5.74) is 2.98. The average molecular weight is 438 g/mol. The number of hydrogen-bond donors (Lipinski definition) is 1. The molecule has 1 saturated heterocycles. The number of carbonyl (C=O) groups excluding carboxylic acids is 2. The van der Waals surface area contributed by atoms with E-state index in [1.165, 1.54) is 16.7 Å². The topological polar surface area (TPSA) is 89.4 Å². The molecule has 0 aliphatic carbocycles. The van der Waals surface area contributed by atoms with Crippen molar-refractivity contribution in [3.63, 3.8) is 0 Å². The monoisotopic (exact) mass is 437 g/mol. The van der Waals surface area contributed by atoms with E-state index in [-0.39, 0.29) is 24.3 Å². The van der Waals surface area contributed by atoms with Gasteiger partial charge in [0.05, 0.1) is 5.75 Å². The number of aromatic nitrogens is 3. The van der Waals surface area contributed by atoms with Gasteiger partial charge in [-0.2, -0.15) is 0 Å². The standard InChI is InChI=1S/C22H23N5O3S/c1-15-7-6-8-16(2)20(15)30-13-18-24-25-22(27(18)17-9-4-3-5-10-17)31-14-19(28)26-12-11-23-21(26)29/h3-10H,11-14H2,1-2H3,(H,23,29). The Hall–Kier alpha value is -3.33. The van der Waals surface area contributed by atoms with Gasteiger partial charge < -0.3 is 10.1 Å². The Morgan fingerprint density at radius 1 is 1.10 bits per heavy atom. The summed E-state index contributed by atoms with van der Waals surface area (Å²) < 4.78 is 7.97. The number of imide groups is 1. The van der Waals surface area contributed by atoms with Crippen LogP contribution in [0.3, 0.4) is 0 Å². The van der Waals surface area contributed by atoms with Gasteiger partial charge in [-0.3, -0.25) is 14.3 Å². The van der Waals surface area contributed by atoms with Crippen LogP contribution in [0.1, 0.15) is 17.0 Å². The minimum absolute atomic E-state index is 0.0934. The highest BCUT2D eigenvalue weighted by molar-refractivity contribution is 7.99. The van der Waals surface area contributed by atoms with Crippen LogP contribution in [0, 0.1) is 13.8 Å². The van der Waals surface area contributed by atoms with Crippen molar-refractivity contribution >= 4 is 23.7 Å². The number of carbonyl (C=O) groups is 2. The molecule has 0 spiro atoms. The molecule has 0 saturated carbocycles. The van der Waals surface area contributed by atoms with Gasteiger partial charge in [-0.05, 0) is 37.1 Å². The summed E-state index contributed by atoms with van der Waals surface area (Å²) in [5, 5.41) is 11.8. The maximum absolute atomic E-state index is 12.4. The third-order valence-electron chi connectivity index (χ3n) is 4.95. The van der Waals surface area contributed by atoms with E-state index in [1.54, 1.807) is 0 Å². The Morgan fingerprint density at radius 3 is 2.52 bits per heavy atom. The molecule has 0 bridgehead atoms. The Kier molecular flexibility index (Phi) is 6.22. The fourth-order valence-corrected chi connectivity index (χ4v) is 4.25. The van der Waals surface area contributed by atoms with Crippen molar-refractivity contribution in [3.8, 4) is 11.4 Å². The van der Waals surface area contributed by atoms with Gasteiger partial charge in [0, 0.05) is 18.8 Å². The number of rotatable bonds is 7. The first-order chi connectivity index (χ1) is 15.0. The van der Waals surface area contributed by atoms with Crippen LogP contribution in [0.4, 0.5) is 4.79 Å². The number of ether oxygens (including phenoxy) is 1. The summed E-state index contributed by atoms with van der Waals surface area (Å²) >= 11 is 1.25. The van der Waals surface area contributed by atoms with Crippen LogP contribution in [0.15, 0.2) is 53.7 Å². The third kappa shape index (κ3) is 4.56. The Bertz CT molecular complexity index is 1080. The van der Waals surface area contributed by atoms with Crippen LogP contribution in [-0.4, -0.2) is 50.4 Å². The lowest BCUT2D eigenvalue weighted by Gasteiger charge is -2.14. The molecule has 1 aliphatic heterocycles. The van der Waals surface area contributed by atoms with Gasteiger partial charge in [0.1, 0.15) is 12.4 Å². The van der Waals surface area contributed by atoms with Crippen LogP contribution < -0.4 is 10.1 Å². The first-order valence-corrected chi connectivity index (χ1v) is 10.9. The van der Waals surface area contributed by atoms with E-state index in [4.69, 9.17) is 4.74 Å². The number of nitrogens with zero attached hydrogens (tertiary/aromatic N) is 4. The predicted octanol–water partition coefficient (Wildman–Crippen LogP) is 3.11. The zero-order chi connectivity index (χ0) is 21.8. The summed E-state index contributed by atoms with van der Waals surface area (Å²) in [6.45, 7) is 5.11. The lowest BCUT2D eigenvalue weighted by atomic mass is 10.1. The maximum Gasteiger partial charge on any atom is 0.324 e. The summed E-state index contributed by atoms with van der Waals surface area (Å²) in [4.78, 5) is 25.4. The highest BCUT2D eigenvalue weighted by Gasteiger charge is 2.27. The zero-order valence-electron chi connectivity index (χ0n) is 17.4. The minimum atomic E-state index is -0.349.